The highest BCUT2D eigenvalue weighted by molar-refractivity contribution is 6.01. The average molecular weight is 294 g/mol. The number of carbonyl (C=O) groups excluding carboxylic acids is 1. The lowest BCUT2D eigenvalue weighted by atomic mass is 9.75. The quantitative estimate of drug-likeness (QED) is 0.760. The van der Waals surface area contributed by atoms with Gasteiger partial charge in [0.1, 0.15) is 0 Å². The van der Waals surface area contributed by atoms with E-state index in [4.69, 9.17) is 0 Å². The number of nitrogens with zero attached hydrogens (tertiary/aromatic N) is 1. The normalized spacial score (nSPS) is 16.6. The van der Waals surface area contributed by atoms with E-state index >= 15 is 0 Å². The Morgan fingerprint density at radius 3 is 2.50 bits per heavy atom. The fourth-order valence-corrected chi connectivity index (χ4v) is 2.86. The standard InChI is InChI=1S/C15H15NO3.ClH/c1-15(2)7-11-13(12(17)8-15)14(18)9-5-3-4-6-10(9)16(11)19;/h3-6,19H,7-8H2,1-2H3;1H. The molecular weight excluding hydrogens is 278 g/mol. The van der Waals surface area contributed by atoms with E-state index in [2.05, 4.69) is 0 Å². The van der Waals surface area contributed by atoms with E-state index < -0.39 is 0 Å². The molecule has 0 unspecified atom stereocenters. The van der Waals surface area contributed by atoms with Crippen LogP contribution in [0.25, 0.3) is 10.9 Å². The number of pyridine rings is 1. The number of ketones is 1. The molecule has 1 aromatic carbocycles. The first-order valence-electron chi connectivity index (χ1n) is 6.30. The summed E-state index contributed by atoms with van der Waals surface area (Å²) < 4.78 is 1.00. The number of hydrogen-bond acceptors (Lipinski definition) is 3. The molecule has 5 heteroatoms. The average Bonchev–Trinajstić information content (AvgIpc) is 2.34. The summed E-state index contributed by atoms with van der Waals surface area (Å²) in [5, 5.41) is 10.7. The van der Waals surface area contributed by atoms with Crippen molar-refractivity contribution in [3.05, 3.63) is 45.7 Å². The minimum Gasteiger partial charge on any atom is -0.428 e. The summed E-state index contributed by atoms with van der Waals surface area (Å²) in [6, 6.07) is 6.81. The van der Waals surface area contributed by atoms with E-state index in [-0.39, 0.29) is 34.6 Å². The zero-order chi connectivity index (χ0) is 13.8. The second-order valence-electron chi connectivity index (χ2n) is 5.92. The van der Waals surface area contributed by atoms with Gasteiger partial charge < -0.3 is 5.21 Å². The van der Waals surface area contributed by atoms with Crippen LogP contribution >= 0.6 is 12.4 Å². The Hall–Kier alpha value is -1.81. The molecule has 0 spiro atoms. The lowest BCUT2D eigenvalue weighted by molar-refractivity contribution is 0.0885. The van der Waals surface area contributed by atoms with Gasteiger partial charge in [-0.1, -0.05) is 26.0 Å². The molecule has 0 saturated carbocycles. The Kier molecular flexibility index (Phi) is 3.38. The van der Waals surface area contributed by atoms with Gasteiger partial charge in [0.2, 0.25) is 5.43 Å². The van der Waals surface area contributed by atoms with E-state index in [0.29, 0.717) is 29.4 Å². The number of fused-ring (bicyclic) bond motifs is 2. The Balaban J connectivity index is 0.00000147. The van der Waals surface area contributed by atoms with Crippen molar-refractivity contribution in [1.29, 1.82) is 0 Å². The third-order valence-electron chi connectivity index (χ3n) is 3.71. The van der Waals surface area contributed by atoms with Crippen molar-refractivity contribution in [2.45, 2.75) is 26.7 Å². The number of halogens is 1. The lowest BCUT2D eigenvalue weighted by Crippen LogP contribution is -2.34. The van der Waals surface area contributed by atoms with E-state index in [1.54, 1.807) is 24.3 Å². The van der Waals surface area contributed by atoms with Crippen molar-refractivity contribution in [2.75, 3.05) is 0 Å². The Morgan fingerprint density at radius 1 is 1.15 bits per heavy atom. The highest BCUT2D eigenvalue weighted by Gasteiger charge is 2.35. The maximum Gasteiger partial charge on any atom is 0.200 e. The SMILES string of the molecule is CC1(C)CC(=O)c2c(n(O)c3ccccc3c2=O)C1.Cl. The zero-order valence-electron chi connectivity index (χ0n) is 11.3. The molecule has 0 atom stereocenters. The fraction of sp³-hybridized carbons (Fsp3) is 0.333. The molecule has 1 heterocycles. The maximum atomic E-state index is 12.4. The second-order valence-corrected chi connectivity index (χ2v) is 5.92. The van der Waals surface area contributed by atoms with Crippen LogP contribution in [0.2, 0.25) is 0 Å². The van der Waals surface area contributed by atoms with Crippen molar-refractivity contribution >= 4 is 29.1 Å². The number of para-hydroxylation sites is 1. The molecular formula is C15H16ClNO3. The minimum atomic E-state index is -0.267. The summed E-state index contributed by atoms with van der Waals surface area (Å²) in [6.07, 6.45) is 0.859. The fourth-order valence-electron chi connectivity index (χ4n) is 2.86. The van der Waals surface area contributed by atoms with Gasteiger partial charge in [-0.25, -0.2) is 0 Å². The molecule has 3 rings (SSSR count). The smallest absolute Gasteiger partial charge is 0.200 e. The summed E-state index contributed by atoms with van der Waals surface area (Å²) in [6.45, 7) is 3.93. The highest BCUT2D eigenvalue weighted by Crippen LogP contribution is 2.34. The first-order chi connectivity index (χ1) is 8.91. The van der Waals surface area contributed by atoms with Crippen LogP contribution in [0.5, 0.6) is 0 Å². The van der Waals surface area contributed by atoms with E-state index in [0.717, 1.165) is 4.73 Å². The van der Waals surface area contributed by atoms with Crippen molar-refractivity contribution in [2.24, 2.45) is 5.41 Å². The molecule has 0 bridgehead atoms. The van der Waals surface area contributed by atoms with Crippen LogP contribution in [-0.4, -0.2) is 15.7 Å². The monoisotopic (exact) mass is 293 g/mol. The molecule has 1 aromatic heterocycles. The van der Waals surface area contributed by atoms with Gasteiger partial charge in [-0.3, -0.25) is 9.59 Å². The number of carbonyl (C=O) groups is 1. The predicted molar refractivity (Wildman–Crippen MR) is 79.1 cm³/mol. The van der Waals surface area contributed by atoms with Crippen LogP contribution in [0.4, 0.5) is 0 Å². The highest BCUT2D eigenvalue weighted by atomic mass is 35.5. The molecule has 4 nitrogen and oxygen atoms in total. The van der Waals surface area contributed by atoms with Gasteiger partial charge in [-0.05, 0) is 24.0 Å². The van der Waals surface area contributed by atoms with Crippen molar-refractivity contribution in [3.8, 4) is 0 Å². The summed E-state index contributed by atoms with van der Waals surface area (Å²) in [5.41, 5.74) is 0.544. The lowest BCUT2D eigenvalue weighted by Gasteiger charge is -2.30. The van der Waals surface area contributed by atoms with Crippen LogP contribution in [0.3, 0.4) is 0 Å². The molecule has 1 aliphatic carbocycles. The van der Waals surface area contributed by atoms with E-state index in [9.17, 15) is 14.8 Å². The van der Waals surface area contributed by atoms with Crippen LogP contribution in [0.1, 0.15) is 36.3 Å². The third kappa shape index (κ3) is 2.00. The van der Waals surface area contributed by atoms with Gasteiger partial charge in [-0.15, -0.1) is 12.4 Å². The number of hydrogen-bond donors (Lipinski definition) is 1. The Morgan fingerprint density at radius 2 is 1.80 bits per heavy atom. The molecule has 0 fully saturated rings. The molecule has 20 heavy (non-hydrogen) atoms. The van der Waals surface area contributed by atoms with Gasteiger partial charge in [-0.2, -0.15) is 4.73 Å². The predicted octanol–water partition coefficient (Wildman–Crippen LogP) is 2.82. The van der Waals surface area contributed by atoms with E-state index in [1.165, 1.54) is 0 Å². The van der Waals surface area contributed by atoms with E-state index in [1.807, 2.05) is 13.8 Å². The molecule has 1 N–H and O–H groups in total. The number of Topliss-reactive ketones (excluding diaryl/α,β-unsaturated/α-hetero) is 1. The molecule has 0 amide bonds. The van der Waals surface area contributed by atoms with Gasteiger partial charge >= 0.3 is 0 Å². The molecule has 0 radical (unpaired) electrons. The minimum absolute atomic E-state index is 0. The summed E-state index contributed by atoms with van der Waals surface area (Å²) in [7, 11) is 0. The maximum absolute atomic E-state index is 12.4. The Labute approximate surface area is 122 Å². The second kappa shape index (κ2) is 4.63. The Bertz CT molecular complexity index is 762. The van der Waals surface area contributed by atoms with Crippen molar-refractivity contribution in [3.63, 3.8) is 0 Å². The zero-order valence-corrected chi connectivity index (χ0v) is 12.2. The van der Waals surface area contributed by atoms with Gasteiger partial charge in [0.25, 0.3) is 0 Å². The summed E-state index contributed by atoms with van der Waals surface area (Å²) >= 11 is 0. The summed E-state index contributed by atoms with van der Waals surface area (Å²) in [4.78, 5) is 24.6. The van der Waals surface area contributed by atoms with Crippen LogP contribution in [0.15, 0.2) is 29.1 Å². The summed E-state index contributed by atoms with van der Waals surface area (Å²) in [5.74, 6) is -0.176. The van der Waals surface area contributed by atoms with Crippen molar-refractivity contribution in [1.82, 2.24) is 4.73 Å². The number of rotatable bonds is 0. The van der Waals surface area contributed by atoms with Crippen LogP contribution in [-0.2, 0) is 6.42 Å². The molecule has 106 valence electrons. The first kappa shape index (κ1) is 14.6. The van der Waals surface area contributed by atoms with Gasteiger partial charge in [0, 0.05) is 11.8 Å². The first-order valence-corrected chi connectivity index (χ1v) is 6.30. The van der Waals surface area contributed by atoms with Gasteiger partial charge in [0.05, 0.1) is 16.8 Å². The third-order valence-corrected chi connectivity index (χ3v) is 3.71. The topological polar surface area (TPSA) is 59.3 Å². The molecule has 0 aliphatic heterocycles. The van der Waals surface area contributed by atoms with Gasteiger partial charge in [0.15, 0.2) is 5.78 Å². The van der Waals surface area contributed by atoms with Crippen LogP contribution < -0.4 is 5.43 Å². The molecule has 2 aromatic rings. The van der Waals surface area contributed by atoms with Crippen LogP contribution in [0, 0.1) is 5.41 Å². The molecule has 0 saturated heterocycles. The number of benzene rings is 1. The molecule has 1 aliphatic rings. The number of aromatic nitrogens is 1. The largest absolute Gasteiger partial charge is 0.428 e. The van der Waals surface area contributed by atoms with Crippen molar-refractivity contribution < 1.29 is 10.0 Å².